The first-order chi connectivity index (χ1) is 15.7. The third kappa shape index (κ3) is 2.50. The lowest BCUT2D eigenvalue weighted by Gasteiger charge is -2.40. The number of imide groups is 1. The fraction of sp³-hybridized carbons (Fsp3) is 0.185. The first kappa shape index (κ1) is 20.0. The van der Waals surface area contributed by atoms with E-state index in [9.17, 15) is 9.59 Å². The van der Waals surface area contributed by atoms with Crippen molar-refractivity contribution in [3.05, 3.63) is 108 Å². The molecule has 2 unspecified atom stereocenters. The van der Waals surface area contributed by atoms with Gasteiger partial charge in [0.05, 0.1) is 16.7 Å². The molecule has 5 atom stereocenters. The number of allylic oxidation sites excluding steroid dienone is 1. The Kier molecular flexibility index (Phi) is 4.68. The molecule has 158 valence electrons. The predicted molar refractivity (Wildman–Crippen MR) is 133 cm³/mol. The van der Waals surface area contributed by atoms with Gasteiger partial charge in [0.25, 0.3) is 0 Å². The Balaban J connectivity index is 1.77. The molecule has 2 fully saturated rings. The molecule has 3 aromatic rings. The first-order valence-corrected chi connectivity index (χ1v) is 14.7. The van der Waals surface area contributed by atoms with Crippen molar-refractivity contribution in [1.82, 2.24) is 5.32 Å². The summed E-state index contributed by atoms with van der Waals surface area (Å²) >= 11 is 0. The molecule has 0 radical (unpaired) electrons. The number of fused-ring (bicyclic) bond motifs is 5. The van der Waals surface area contributed by atoms with Crippen LogP contribution in [0.3, 0.4) is 0 Å². The fourth-order valence-corrected chi connectivity index (χ4v) is 17.5. The number of hydrogen-bond donors (Lipinski definition) is 1. The van der Waals surface area contributed by atoms with Gasteiger partial charge in [-0.15, -0.1) is 0 Å². The molecule has 2 saturated heterocycles. The largest absolute Gasteiger partial charge is 0.296 e. The lowest BCUT2D eigenvalue weighted by molar-refractivity contribution is -0.126. The average Bonchev–Trinajstić information content (AvgIpc) is 3.43. The number of rotatable bonds is 4. The molecule has 5 heteroatoms. The lowest BCUT2D eigenvalue weighted by Crippen LogP contribution is -2.39. The summed E-state index contributed by atoms with van der Waals surface area (Å²) in [6.07, 6.45) is 0.996. The van der Waals surface area contributed by atoms with Crippen molar-refractivity contribution < 1.29 is 9.59 Å². The quantitative estimate of drug-likeness (QED) is 0.386. The third-order valence-corrected chi connectivity index (χ3v) is 16.4. The molecule has 0 aliphatic carbocycles. The second-order valence-electron chi connectivity index (χ2n) is 8.42. The highest BCUT2D eigenvalue weighted by molar-refractivity contribution is 8.36. The minimum atomic E-state index is -0.802. The van der Waals surface area contributed by atoms with Crippen molar-refractivity contribution in [3.63, 3.8) is 0 Å². The van der Waals surface area contributed by atoms with Crippen LogP contribution in [0.4, 0.5) is 0 Å². The molecule has 0 aromatic heterocycles. The molecule has 3 nitrogen and oxygen atoms in total. The van der Waals surface area contributed by atoms with Crippen LogP contribution in [-0.4, -0.2) is 23.6 Å². The minimum Gasteiger partial charge on any atom is -0.296 e. The van der Waals surface area contributed by atoms with Gasteiger partial charge in [-0.1, -0.05) is 106 Å². The number of benzene rings is 3. The molecule has 3 heterocycles. The Morgan fingerprint density at radius 3 is 1.94 bits per heavy atom. The third-order valence-electron chi connectivity index (χ3n) is 6.96. The Labute approximate surface area is 190 Å². The Bertz CT molecular complexity index is 1240. The monoisotopic (exact) mass is 455 g/mol. The van der Waals surface area contributed by atoms with E-state index in [4.69, 9.17) is 0 Å². The Hall–Kier alpha value is -2.60. The van der Waals surface area contributed by atoms with Crippen LogP contribution in [0.1, 0.15) is 23.6 Å². The molecule has 2 amide bonds. The van der Waals surface area contributed by atoms with Crippen molar-refractivity contribution in [2.24, 2.45) is 5.92 Å². The molecule has 3 aliphatic heterocycles. The summed E-state index contributed by atoms with van der Waals surface area (Å²) in [6, 6.07) is 31.6. The zero-order valence-electron chi connectivity index (χ0n) is 17.7. The van der Waals surface area contributed by atoms with E-state index >= 15 is 0 Å². The molecule has 6 rings (SSSR count). The molecule has 3 aliphatic rings. The number of carbonyl (C=O) groups is 2. The fourth-order valence-electron chi connectivity index (χ4n) is 5.96. The van der Waals surface area contributed by atoms with Gasteiger partial charge < -0.3 is 0 Å². The van der Waals surface area contributed by atoms with Gasteiger partial charge in [-0.2, -0.15) is 0 Å². The summed E-state index contributed by atoms with van der Waals surface area (Å²) in [7, 11) is -1.42. The molecule has 3 aromatic carbocycles. The number of hydrogen-bond acceptors (Lipinski definition) is 2. The summed E-state index contributed by atoms with van der Waals surface area (Å²) in [4.78, 5) is 26.6. The van der Waals surface area contributed by atoms with E-state index in [2.05, 4.69) is 85.0 Å². The summed E-state index contributed by atoms with van der Waals surface area (Å²) in [5, 5.41) is 3.61. The van der Waals surface area contributed by atoms with E-state index in [-0.39, 0.29) is 23.4 Å². The highest BCUT2D eigenvalue weighted by atomic mass is 32.1. The maximum Gasteiger partial charge on any atom is 0.235 e. The van der Waals surface area contributed by atoms with Gasteiger partial charge >= 0.3 is 0 Å². The second kappa shape index (κ2) is 7.48. The van der Waals surface area contributed by atoms with E-state index in [1.165, 1.54) is 27.6 Å². The zero-order chi connectivity index (χ0) is 21.9. The van der Waals surface area contributed by atoms with Gasteiger partial charge in [0, 0.05) is 0 Å². The van der Waals surface area contributed by atoms with Crippen molar-refractivity contribution >= 4 is 37.9 Å². The molecule has 0 saturated carbocycles. The van der Waals surface area contributed by atoms with Crippen molar-refractivity contribution in [2.45, 2.75) is 17.7 Å². The van der Waals surface area contributed by atoms with E-state index < -0.39 is 20.4 Å². The van der Waals surface area contributed by atoms with E-state index in [0.29, 0.717) is 0 Å². The SMILES string of the molecule is CCP1P2C(c3ccccc3)=C(c3ccccc3)[C@@]1(c1ccccc1)[C@@H]1C(=O)NC(=O)[C@H]12. The Morgan fingerprint density at radius 1 is 0.781 bits per heavy atom. The van der Waals surface area contributed by atoms with Crippen molar-refractivity contribution in [1.29, 1.82) is 0 Å². The van der Waals surface area contributed by atoms with Crippen LogP contribution < -0.4 is 5.32 Å². The Morgan fingerprint density at radius 2 is 1.34 bits per heavy atom. The van der Waals surface area contributed by atoms with Crippen LogP contribution in [0.15, 0.2) is 91.0 Å². The van der Waals surface area contributed by atoms with Crippen LogP contribution in [0.25, 0.3) is 10.9 Å². The van der Waals surface area contributed by atoms with Gasteiger partial charge in [0.2, 0.25) is 11.8 Å². The van der Waals surface area contributed by atoms with Crippen molar-refractivity contribution in [3.8, 4) is 0 Å². The smallest absolute Gasteiger partial charge is 0.235 e. The maximum atomic E-state index is 13.4. The molecule has 2 bridgehead atoms. The average molecular weight is 455 g/mol. The lowest BCUT2D eigenvalue weighted by atomic mass is 9.74. The summed E-state index contributed by atoms with van der Waals surface area (Å²) in [6.45, 7) is 2.25. The van der Waals surface area contributed by atoms with Crippen LogP contribution >= 0.6 is 15.2 Å². The molecule has 32 heavy (non-hydrogen) atoms. The molecule has 0 spiro atoms. The summed E-state index contributed by atoms with van der Waals surface area (Å²) in [5.74, 6) is -0.474. The topological polar surface area (TPSA) is 46.2 Å². The molecule has 1 N–H and O–H groups in total. The molecular weight excluding hydrogens is 432 g/mol. The van der Waals surface area contributed by atoms with Gasteiger partial charge in [0.1, 0.15) is 0 Å². The number of amides is 2. The van der Waals surface area contributed by atoms with Crippen LogP contribution in [-0.2, 0) is 14.7 Å². The highest BCUT2D eigenvalue weighted by Crippen LogP contribution is 2.99. The van der Waals surface area contributed by atoms with Gasteiger partial charge in [-0.3, -0.25) is 14.9 Å². The maximum absolute atomic E-state index is 13.4. The summed E-state index contributed by atoms with van der Waals surface area (Å²) in [5.41, 5.74) is 4.60. The number of carbonyl (C=O) groups excluding carboxylic acids is 2. The van der Waals surface area contributed by atoms with Crippen LogP contribution in [0.5, 0.6) is 0 Å². The van der Waals surface area contributed by atoms with Crippen LogP contribution in [0.2, 0.25) is 0 Å². The zero-order valence-corrected chi connectivity index (χ0v) is 19.5. The summed E-state index contributed by atoms with van der Waals surface area (Å²) < 4.78 is 0. The minimum absolute atomic E-state index is 0.0644. The molecular formula is C27H23NO2P2. The van der Waals surface area contributed by atoms with Gasteiger partial charge in [-0.25, -0.2) is 0 Å². The van der Waals surface area contributed by atoms with E-state index in [1.807, 2.05) is 18.2 Å². The van der Waals surface area contributed by atoms with Gasteiger partial charge in [0.15, 0.2) is 0 Å². The normalized spacial score (nSPS) is 30.5. The van der Waals surface area contributed by atoms with Crippen molar-refractivity contribution in [2.75, 3.05) is 6.16 Å². The van der Waals surface area contributed by atoms with E-state index in [0.717, 1.165) is 6.16 Å². The highest BCUT2D eigenvalue weighted by Gasteiger charge is 2.73. The second-order valence-corrected chi connectivity index (χ2v) is 15.0. The predicted octanol–water partition coefficient (Wildman–Crippen LogP) is 6.02. The standard InChI is InChI=1S/C27H23NO2P2/c1-2-31-27(20-16-10-5-11-17-20)21(18-12-6-3-7-13-18)23(19-14-8-4-9-15-19)32(31)24-22(27)25(29)28-26(24)30/h3-17,22,24H,2H2,1H3,(H,28,29,30)/t22-,24-,27-,31?,32?/m0/s1. The van der Waals surface area contributed by atoms with Gasteiger partial charge in [-0.05, 0) is 41.3 Å². The first-order valence-electron chi connectivity index (χ1n) is 11.0. The number of nitrogens with one attached hydrogen (secondary N) is 1. The van der Waals surface area contributed by atoms with Crippen LogP contribution in [0, 0.1) is 5.92 Å². The van der Waals surface area contributed by atoms with E-state index in [1.54, 1.807) is 0 Å².